The standard InChI is InChI=1S/C18H18N6O2S2.C5H11NO/c1-23-6-8-24(9-7-23)28(25,26)13-4-2-12(3-5-13)16-14(10-19)17(21)22-18(27)15(16)11-20;1-6-2-4-7-5-3-6/h2-5H,6-9H2,1H3,(H3,21,22,27);2-5H2,1H3. The number of sulfonamides is 1. The van der Waals surface area contributed by atoms with Crippen molar-refractivity contribution in [2.24, 2.45) is 0 Å². The van der Waals surface area contributed by atoms with Crippen molar-refractivity contribution < 1.29 is 13.2 Å². The van der Waals surface area contributed by atoms with E-state index in [0.717, 1.165) is 26.3 Å². The number of thiol groups is 1. The number of nitrogen functional groups attached to an aromatic ring is 1. The fraction of sp³-hybridized carbons (Fsp3) is 0.435. The van der Waals surface area contributed by atoms with Crippen molar-refractivity contribution in [2.45, 2.75) is 9.92 Å². The van der Waals surface area contributed by atoms with Gasteiger partial charge in [0.2, 0.25) is 10.0 Å². The second kappa shape index (κ2) is 11.8. The summed E-state index contributed by atoms with van der Waals surface area (Å²) in [5.74, 6) is -0.0318. The van der Waals surface area contributed by atoms with Crippen LogP contribution in [0.3, 0.4) is 0 Å². The van der Waals surface area contributed by atoms with Gasteiger partial charge in [0, 0.05) is 44.8 Å². The van der Waals surface area contributed by atoms with Gasteiger partial charge in [-0.1, -0.05) is 12.1 Å². The van der Waals surface area contributed by atoms with E-state index >= 15 is 0 Å². The van der Waals surface area contributed by atoms with Crippen LogP contribution >= 0.6 is 12.6 Å². The first kappa shape index (κ1) is 26.9. The van der Waals surface area contributed by atoms with Crippen molar-refractivity contribution in [3.8, 4) is 23.3 Å². The molecule has 0 saturated carbocycles. The Balaban J connectivity index is 0.000000420. The normalized spacial score (nSPS) is 17.6. The van der Waals surface area contributed by atoms with E-state index in [2.05, 4.69) is 34.5 Å². The number of rotatable bonds is 3. The zero-order valence-corrected chi connectivity index (χ0v) is 21.5. The topological polar surface area (TPSA) is 140 Å². The van der Waals surface area contributed by atoms with Gasteiger partial charge in [-0.2, -0.15) is 14.8 Å². The van der Waals surface area contributed by atoms with Crippen molar-refractivity contribution in [2.75, 3.05) is 72.3 Å². The quantitative estimate of drug-likeness (QED) is 0.578. The summed E-state index contributed by atoms with van der Waals surface area (Å²) >= 11 is 4.17. The number of piperazine rings is 1. The van der Waals surface area contributed by atoms with Crippen molar-refractivity contribution in [3.63, 3.8) is 0 Å². The molecule has 2 aromatic rings. The maximum Gasteiger partial charge on any atom is 0.243 e. The van der Waals surface area contributed by atoms with Crippen LogP contribution in [0, 0.1) is 22.7 Å². The van der Waals surface area contributed by atoms with Gasteiger partial charge < -0.3 is 20.3 Å². The summed E-state index contributed by atoms with van der Waals surface area (Å²) in [7, 11) is 0.459. The summed E-state index contributed by atoms with van der Waals surface area (Å²) in [6, 6.07) is 10.0. The van der Waals surface area contributed by atoms with Gasteiger partial charge in [0.05, 0.1) is 23.7 Å². The minimum Gasteiger partial charge on any atom is -0.383 e. The number of hydrogen-bond acceptors (Lipinski definition) is 10. The van der Waals surface area contributed by atoms with E-state index in [-0.39, 0.29) is 26.9 Å². The van der Waals surface area contributed by atoms with E-state index in [1.807, 2.05) is 19.2 Å². The molecule has 1 aromatic heterocycles. The van der Waals surface area contributed by atoms with Gasteiger partial charge >= 0.3 is 0 Å². The Morgan fingerprint density at radius 3 is 1.97 bits per heavy atom. The predicted octanol–water partition coefficient (Wildman–Crippen LogP) is 1.25. The smallest absolute Gasteiger partial charge is 0.243 e. The molecular formula is C23H29N7O3S2. The molecule has 0 amide bonds. The summed E-state index contributed by atoms with van der Waals surface area (Å²) in [4.78, 5) is 8.42. The molecule has 0 bridgehead atoms. The fourth-order valence-electron chi connectivity index (χ4n) is 3.72. The Bertz CT molecular complexity index is 1190. The summed E-state index contributed by atoms with van der Waals surface area (Å²) < 4.78 is 32.3. The predicted molar refractivity (Wildman–Crippen MR) is 135 cm³/mol. The second-order valence-corrected chi connectivity index (χ2v) is 10.7. The summed E-state index contributed by atoms with van der Waals surface area (Å²) in [5.41, 5.74) is 6.77. The molecule has 186 valence electrons. The maximum atomic E-state index is 12.9. The Kier molecular flexibility index (Phi) is 9.08. The van der Waals surface area contributed by atoms with Gasteiger partial charge in [-0.25, -0.2) is 13.4 Å². The van der Waals surface area contributed by atoms with E-state index in [9.17, 15) is 18.9 Å². The molecule has 0 atom stereocenters. The number of morpholine rings is 1. The minimum atomic E-state index is -3.61. The van der Waals surface area contributed by atoms with Crippen LogP contribution in [0.1, 0.15) is 11.1 Å². The Morgan fingerprint density at radius 2 is 1.49 bits per heavy atom. The van der Waals surface area contributed by atoms with Crippen LogP contribution in [-0.2, 0) is 14.8 Å². The molecule has 1 aromatic carbocycles. The van der Waals surface area contributed by atoms with E-state index in [4.69, 9.17) is 10.5 Å². The average molecular weight is 516 g/mol. The zero-order valence-electron chi connectivity index (χ0n) is 19.8. The molecule has 3 heterocycles. The van der Waals surface area contributed by atoms with Crippen LogP contribution < -0.4 is 5.73 Å². The third kappa shape index (κ3) is 6.30. The lowest BCUT2D eigenvalue weighted by molar-refractivity contribution is 0.0503. The highest BCUT2D eigenvalue weighted by molar-refractivity contribution is 7.89. The Labute approximate surface area is 212 Å². The molecule has 2 N–H and O–H groups in total. The molecule has 12 heteroatoms. The third-order valence-electron chi connectivity index (χ3n) is 5.91. The van der Waals surface area contributed by atoms with Crippen molar-refractivity contribution in [3.05, 3.63) is 35.4 Å². The van der Waals surface area contributed by atoms with Crippen LogP contribution in [0.25, 0.3) is 11.1 Å². The highest BCUT2D eigenvalue weighted by Crippen LogP contribution is 2.33. The first-order valence-electron chi connectivity index (χ1n) is 11.1. The van der Waals surface area contributed by atoms with E-state index in [0.29, 0.717) is 37.3 Å². The SMILES string of the molecule is CN1CCN(S(=O)(=O)c2ccc(-c3c(C#N)c(N)nc(S)c3C#N)cc2)CC1.CN1CCOCC1. The zero-order chi connectivity index (χ0) is 25.6. The van der Waals surface area contributed by atoms with Crippen LogP contribution in [-0.4, -0.2) is 94.1 Å². The van der Waals surface area contributed by atoms with Gasteiger partial charge in [-0.05, 0) is 31.8 Å². The van der Waals surface area contributed by atoms with Crippen LogP contribution in [0.2, 0.25) is 0 Å². The first-order chi connectivity index (χ1) is 16.7. The van der Waals surface area contributed by atoms with Crippen molar-refractivity contribution in [1.29, 1.82) is 10.5 Å². The molecule has 2 fully saturated rings. The number of nitrogens with two attached hydrogens (primary N) is 1. The molecule has 4 rings (SSSR count). The molecule has 0 spiro atoms. The average Bonchev–Trinajstić information content (AvgIpc) is 2.85. The lowest BCUT2D eigenvalue weighted by Crippen LogP contribution is -2.46. The number of nitrogens with zero attached hydrogens (tertiary/aromatic N) is 6. The molecule has 0 aliphatic carbocycles. The van der Waals surface area contributed by atoms with Gasteiger partial charge in [-0.15, -0.1) is 12.6 Å². The molecule has 35 heavy (non-hydrogen) atoms. The van der Waals surface area contributed by atoms with E-state index in [1.165, 1.54) is 16.4 Å². The van der Waals surface area contributed by atoms with E-state index in [1.54, 1.807) is 12.1 Å². The monoisotopic (exact) mass is 515 g/mol. The molecule has 2 aliphatic heterocycles. The van der Waals surface area contributed by atoms with E-state index < -0.39 is 10.0 Å². The molecule has 0 radical (unpaired) electrons. The minimum absolute atomic E-state index is 0.0318. The number of anilines is 1. The molecule has 0 unspecified atom stereocenters. The Hall–Kier alpha value is -2.71. The molecular weight excluding hydrogens is 486 g/mol. The number of ether oxygens (including phenoxy) is 1. The molecule has 2 saturated heterocycles. The Morgan fingerprint density at radius 1 is 0.943 bits per heavy atom. The number of aromatic nitrogens is 1. The lowest BCUT2D eigenvalue weighted by atomic mass is 9.97. The summed E-state index contributed by atoms with van der Waals surface area (Å²) in [6.07, 6.45) is 0. The second-order valence-electron chi connectivity index (χ2n) is 8.32. The van der Waals surface area contributed by atoms with Gasteiger partial charge in [0.15, 0.2) is 0 Å². The first-order valence-corrected chi connectivity index (χ1v) is 13.0. The molecule has 2 aliphatic rings. The van der Waals surface area contributed by atoms with Gasteiger partial charge in [0.25, 0.3) is 0 Å². The van der Waals surface area contributed by atoms with Crippen LogP contribution in [0.5, 0.6) is 0 Å². The highest BCUT2D eigenvalue weighted by Gasteiger charge is 2.27. The van der Waals surface area contributed by atoms with Crippen LogP contribution in [0.15, 0.2) is 34.2 Å². The molecule has 10 nitrogen and oxygen atoms in total. The van der Waals surface area contributed by atoms with Crippen molar-refractivity contribution in [1.82, 2.24) is 19.1 Å². The fourth-order valence-corrected chi connectivity index (χ4v) is 5.42. The summed E-state index contributed by atoms with van der Waals surface area (Å²) in [6.45, 7) is 6.24. The lowest BCUT2D eigenvalue weighted by Gasteiger charge is -2.31. The van der Waals surface area contributed by atoms with Crippen LogP contribution in [0.4, 0.5) is 5.82 Å². The number of likely N-dealkylation sites (N-methyl/N-ethyl adjacent to an activating group) is 2. The highest BCUT2D eigenvalue weighted by atomic mass is 32.2. The largest absolute Gasteiger partial charge is 0.383 e. The van der Waals surface area contributed by atoms with Crippen molar-refractivity contribution >= 4 is 28.5 Å². The number of benzene rings is 1. The third-order valence-corrected chi connectivity index (χ3v) is 8.14. The summed E-state index contributed by atoms with van der Waals surface area (Å²) in [5, 5.41) is 19.0. The number of pyridine rings is 1. The van der Waals surface area contributed by atoms with Gasteiger partial charge in [-0.3, -0.25) is 0 Å². The number of nitriles is 2. The number of hydrogen-bond donors (Lipinski definition) is 2. The maximum absolute atomic E-state index is 12.9. The van der Waals surface area contributed by atoms with Gasteiger partial charge in [0.1, 0.15) is 28.5 Å².